The molecule has 0 atom stereocenters. The molecular formula is C7H3BrF2N2O. The van der Waals surface area contributed by atoms with Gasteiger partial charge in [-0.2, -0.15) is 5.26 Å². The van der Waals surface area contributed by atoms with Crippen molar-refractivity contribution in [3.05, 3.63) is 21.9 Å². The Balaban J connectivity index is 3.46. The van der Waals surface area contributed by atoms with Crippen LogP contribution >= 0.6 is 15.9 Å². The van der Waals surface area contributed by atoms with Crippen LogP contribution in [0.5, 0.6) is 5.75 Å². The van der Waals surface area contributed by atoms with Crippen LogP contribution in [-0.2, 0) is 0 Å². The molecule has 3 nitrogen and oxygen atoms in total. The van der Waals surface area contributed by atoms with Crippen LogP contribution in [0.25, 0.3) is 0 Å². The lowest BCUT2D eigenvalue weighted by molar-refractivity contribution is 0.147. The molecule has 0 aliphatic carbocycles. The van der Waals surface area contributed by atoms with Gasteiger partial charge in [0, 0.05) is 0 Å². The molecule has 1 N–H and O–H groups in total. The van der Waals surface area contributed by atoms with E-state index in [4.69, 9.17) is 10.4 Å². The summed E-state index contributed by atoms with van der Waals surface area (Å²) >= 11 is 2.83. The van der Waals surface area contributed by atoms with E-state index in [1.165, 1.54) is 6.07 Å². The molecule has 0 aliphatic heterocycles. The molecule has 1 aromatic heterocycles. The molecule has 1 aromatic rings. The zero-order valence-electron chi connectivity index (χ0n) is 6.13. The van der Waals surface area contributed by atoms with Crippen LogP contribution in [0.2, 0.25) is 0 Å². The van der Waals surface area contributed by atoms with Gasteiger partial charge in [-0.05, 0) is 15.9 Å². The van der Waals surface area contributed by atoms with Gasteiger partial charge in [0.05, 0.1) is 17.3 Å². The zero-order valence-corrected chi connectivity index (χ0v) is 7.72. The first-order valence-corrected chi connectivity index (χ1v) is 3.92. The highest BCUT2D eigenvalue weighted by Crippen LogP contribution is 2.33. The fourth-order valence-corrected chi connectivity index (χ4v) is 1.22. The van der Waals surface area contributed by atoms with Crippen molar-refractivity contribution in [2.45, 2.75) is 6.43 Å². The minimum absolute atomic E-state index is 0.00287. The van der Waals surface area contributed by atoms with Gasteiger partial charge in [0.15, 0.2) is 0 Å². The Kier molecular flexibility index (Phi) is 2.78. The second-order valence-electron chi connectivity index (χ2n) is 2.14. The Morgan fingerprint density at radius 3 is 2.62 bits per heavy atom. The fourth-order valence-electron chi connectivity index (χ4n) is 0.818. The number of pyridine rings is 1. The van der Waals surface area contributed by atoms with Crippen molar-refractivity contribution >= 4 is 15.9 Å². The first-order valence-electron chi connectivity index (χ1n) is 3.13. The monoisotopic (exact) mass is 248 g/mol. The molecule has 0 bridgehead atoms. The topological polar surface area (TPSA) is 56.9 Å². The third kappa shape index (κ3) is 1.75. The molecule has 0 amide bonds. The number of halogens is 3. The Morgan fingerprint density at radius 2 is 2.23 bits per heavy atom. The molecule has 0 fully saturated rings. The number of alkyl halides is 2. The second-order valence-corrected chi connectivity index (χ2v) is 2.89. The SMILES string of the molecule is N#Cc1c(Br)ncc(O)c1C(F)F. The smallest absolute Gasteiger partial charge is 0.268 e. The van der Waals surface area contributed by atoms with Crippen LogP contribution in [0.1, 0.15) is 17.6 Å². The first kappa shape index (κ1) is 9.86. The van der Waals surface area contributed by atoms with Gasteiger partial charge in [-0.25, -0.2) is 13.8 Å². The van der Waals surface area contributed by atoms with E-state index >= 15 is 0 Å². The molecule has 0 aliphatic rings. The molecule has 0 spiro atoms. The van der Waals surface area contributed by atoms with Gasteiger partial charge in [0.2, 0.25) is 0 Å². The molecule has 1 heterocycles. The lowest BCUT2D eigenvalue weighted by Crippen LogP contribution is -1.94. The first-order chi connectivity index (χ1) is 6.07. The Labute approximate surface area is 80.8 Å². The average molecular weight is 249 g/mol. The molecule has 1 rings (SSSR count). The predicted molar refractivity (Wildman–Crippen MR) is 43.3 cm³/mol. The van der Waals surface area contributed by atoms with E-state index in [0.717, 1.165) is 6.20 Å². The van der Waals surface area contributed by atoms with Gasteiger partial charge in [-0.3, -0.25) is 0 Å². The molecule has 0 radical (unpaired) electrons. The maximum atomic E-state index is 12.3. The van der Waals surface area contributed by atoms with Crippen LogP contribution in [0.3, 0.4) is 0 Å². The summed E-state index contributed by atoms with van der Waals surface area (Å²) in [5, 5.41) is 17.5. The largest absolute Gasteiger partial charge is 0.506 e. The summed E-state index contributed by atoms with van der Waals surface area (Å²) in [6.07, 6.45) is -2.03. The van der Waals surface area contributed by atoms with Crippen molar-refractivity contribution in [1.29, 1.82) is 5.26 Å². The van der Waals surface area contributed by atoms with Crippen LogP contribution in [0.15, 0.2) is 10.8 Å². The molecule has 0 aromatic carbocycles. The van der Waals surface area contributed by atoms with E-state index < -0.39 is 17.7 Å². The molecule has 6 heteroatoms. The maximum absolute atomic E-state index is 12.3. The number of rotatable bonds is 1. The van der Waals surface area contributed by atoms with Crippen molar-refractivity contribution in [2.24, 2.45) is 0 Å². The van der Waals surface area contributed by atoms with Gasteiger partial charge >= 0.3 is 0 Å². The van der Waals surface area contributed by atoms with E-state index in [-0.39, 0.29) is 10.2 Å². The highest BCUT2D eigenvalue weighted by molar-refractivity contribution is 9.10. The van der Waals surface area contributed by atoms with Crippen molar-refractivity contribution in [3.63, 3.8) is 0 Å². The minimum atomic E-state index is -2.89. The molecule has 0 saturated carbocycles. The van der Waals surface area contributed by atoms with Crippen LogP contribution < -0.4 is 0 Å². The van der Waals surface area contributed by atoms with Gasteiger partial charge in [0.1, 0.15) is 16.4 Å². The van der Waals surface area contributed by atoms with Crippen LogP contribution in [-0.4, -0.2) is 10.1 Å². The standard InChI is InChI=1S/C7H3BrF2N2O/c8-6-3(1-11)5(7(9)10)4(13)2-12-6/h2,7,13H. The van der Waals surface area contributed by atoms with Crippen LogP contribution in [0, 0.1) is 11.3 Å². The lowest BCUT2D eigenvalue weighted by atomic mass is 10.1. The second kappa shape index (κ2) is 3.66. The van der Waals surface area contributed by atoms with Gasteiger partial charge in [-0.15, -0.1) is 0 Å². The van der Waals surface area contributed by atoms with E-state index in [9.17, 15) is 8.78 Å². The van der Waals surface area contributed by atoms with Crippen molar-refractivity contribution in [1.82, 2.24) is 4.98 Å². The zero-order chi connectivity index (χ0) is 10.0. The number of aromatic nitrogens is 1. The lowest BCUT2D eigenvalue weighted by Gasteiger charge is -2.05. The Morgan fingerprint density at radius 1 is 1.62 bits per heavy atom. The number of hydrogen-bond donors (Lipinski definition) is 1. The quantitative estimate of drug-likeness (QED) is 0.777. The highest BCUT2D eigenvalue weighted by Gasteiger charge is 2.20. The molecule has 0 unspecified atom stereocenters. The van der Waals surface area contributed by atoms with Gasteiger partial charge < -0.3 is 5.11 Å². The maximum Gasteiger partial charge on any atom is 0.268 e. The van der Waals surface area contributed by atoms with Crippen molar-refractivity contribution in [3.8, 4) is 11.8 Å². The predicted octanol–water partition coefficient (Wildman–Crippen LogP) is 2.36. The van der Waals surface area contributed by atoms with Gasteiger partial charge in [0.25, 0.3) is 6.43 Å². The van der Waals surface area contributed by atoms with E-state index in [2.05, 4.69) is 20.9 Å². The summed E-state index contributed by atoms with van der Waals surface area (Å²) in [5.74, 6) is -0.672. The number of hydrogen-bond acceptors (Lipinski definition) is 3. The van der Waals surface area contributed by atoms with Gasteiger partial charge in [-0.1, -0.05) is 0 Å². The summed E-state index contributed by atoms with van der Waals surface area (Å²) in [5.41, 5.74) is -1.03. The number of aromatic hydroxyl groups is 1. The summed E-state index contributed by atoms with van der Waals surface area (Å²) in [6.45, 7) is 0. The van der Waals surface area contributed by atoms with E-state index in [1.807, 2.05) is 0 Å². The summed E-state index contributed by atoms with van der Waals surface area (Å²) in [4.78, 5) is 3.50. The summed E-state index contributed by atoms with van der Waals surface area (Å²) in [7, 11) is 0. The van der Waals surface area contributed by atoms with Crippen molar-refractivity contribution < 1.29 is 13.9 Å². The third-order valence-corrected chi connectivity index (χ3v) is 1.98. The molecule has 13 heavy (non-hydrogen) atoms. The van der Waals surface area contributed by atoms with E-state index in [0.29, 0.717) is 0 Å². The van der Waals surface area contributed by atoms with E-state index in [1.54, 1.807) is 0 Å². The number of nitriles is 1. The molecular weight excluding hydrogens is 246 g/mol. The third-order valence-electron chi connectivity index (χ3n) is 1.38. The average Bonchev–Trinajstić information content (AvgIpc) is 2.07. The highest BCUT2D eigenvalue weighted by atomic mass is 79.9. The fraction of sp³-hybridized carbons (Fsp3) is 0.143. The number of nitrogens with zero attached hydrogens (tertiary/aromatic N) is 2. The molecule has 0 saturated heterocycles. The summed E-state index contributed by atoms with van der Waals surface area (Å²) in [6, 6.07) is 1.54. The Hall–Kier alpha value is -1.22. The van der Waals surface area contributed by atoms with Crippen LogP contribution in [0.4, 0.5) is 8.78 Å². The minimum Gasteiger partial charge on any atom is -0.506 e. The van der Waals surface area contributed by atoms with Crippen molar-refractivity contribution in [2.75, 3.05) is 0 Å². The summed E-state index contributed by atoms with van der Waals surface area (Å²) < 4.78 is 24.6. The molecule has 68 valence electrons. The normalized spacial score (nSPS) is 10.1. The Bertz CT molecular complexity index is 375.